The Labute approximate surface area is 445 Å². The van der Waals surface area contributed by atoms with Crippen molar-refractivity contribution in [3.8, 4) is 0 Å². The van der Waals surface area contributed by atoms with Gasteiger partial charge < -0.3 is 14.7 Å². The molecule has 2 aliphatic heterocycles. The van der Waals surface area contributed by atoms with Gasteiger partial charge in [-0.1, -0.05) is 171 Å². The molecule has 0 aromatic heterocycles. The van der Waals surface area contributed by atoms with Crippen molar-refractivity contribution in [2.75, 3.05) is 14.7 Å². The van der Waals surface area contributed by atoms with E-state index < -0.39 is 0 Å². The summed E-state index contributed by atoms with van der Waals surface area (Å²) in [7, 11) is 0. The number of hydrogen-bond acceptors (Lipinski definition) is 3. The van der Waals surface area contributed by atoms with Crippen LogP contribution in [-0.2, 0) is 37.9 Å². The van der Waals surface area contributed by atoms with Gasteiger partial charge >= 0.3 is 0 Å². The molecule has 4 heteroatoms. The van der Waals surface area contributed by atoms with Crippen LogP contribution in [0, 0.1) is 13.8 Å². The number of aryl methyl sites for hydroxylation is 1. The number of fused-ring (bicyclic) bond motifs is 7. The van der Waals surface area contributed by atoms with Crippen molar-refractivity contribution in [1.29, 1.82) is 0 Å². The Morgan fingerprint density at radius 2 is 0.905 bits per heavy atom. The van der Waals surface area contributed by atoms with Gasteiger partial charge in [0.15, 0.2) is 0 Å². The Morgan fingerprint density at radius 3 is 1.46 bits per heavy atom. The second-order valence-corrected chi connectivity index (χ2v) is 28.5. The lowest BCUT2D eigenvalue weighted by Crippen LogP contribution is -2.61. The summed E-state index contributed by atoms with van der Waals surface area (Å²) in [6.07, 6.45) is 4.58. The van der Waals surface area contributed by atoms with Gasteiger partial charge in [-0.2, -0.15) is 0 Å². The molecule has 0 bridgehead atoms. The maximum Gasteiger partial charge on any atom is 0.252 e. The Hall–Kier alpha value is -6.00. The Bertz CT molecular complexity index is 3430. The predicted octanol–water partition coefficient (Wildman–Crippen LogP) is 17.4. The van der Waals surface area contributed by atoms with Crippen molar-refractivity contribution in [2.24, 2.45) is 0 Å². The van der Waals surface area contributed by atoms with Gasteiger partial charge in [-0.3, -0.25) is 0 Å². The van der Waals surface area contributed by atoms with Crippen molar-refractivity contribution >= 4 is 74.3 Å². The number of anilines is 9. The number of para-hydroxylation sites is 2. The van der Waals surface area contributed by atoms with E-state index in [0.29, 0.717) is 0 Å². The monoisotopic (exact) mass is 974 g/mol. The van der Waals surface area contributed by atoms with E-state index in [9.17, 15) is 0 Å². The minimum atomic E-state index is -0.0620. The summed E-state index contributed by atoms with van der Waals surface area (Å²) in [5, 5.41) is 0. The van der Waals surface area contributed by atoms with Crippen LogP contribution in [0.4, 0.5) is 51.2 Å². The van der Waals surface area contributed by atoms with E-state index in [1.54, 1.807) is 0 Å². The third-order valence-corrected chi connectivity index (χ3v) is 19.1. The fraction of sp³-hybridized carbons (Fsp3) is 0.400. The molecule has 0 unspecified atom stereocenters. The Balaban J connectivity index is 1.27. The van der Waals surface area contributed by atoms with E-state index in [4.69, 9.17) is 0 Å². The number of rotatable bonds is 5. The molecule has 378 valence electrons. The first-order chi connectivity index (χ1) is 34.6. The van der Waals surface area contributed by atoms with Gasteiger partial charge in [-0.05, 0) is 205 Å². The van der Waals surface area contributed by atoms with Crippen molar-refractivity contribution in [2.45, 2.75) is 181 Å². The zero-order chi connectivity index (χ0) is 52.6. The van der Waals surface area contributed by atoms with E-state index in [1.165, 1.54) is 107 Å². The minimum Gasteiger partial charge on any atom is -0.311 e. The molecule has 3 nitrogen and oxygen atoms in total. The van der Waals surface area contributed by atoms with E-state index in [2.05, 4.69) is 260 Å². The quantitative estimate of drug-likeness (QED) is 0.159. The highest BCUT2D eigenvalue weighted by molar-refractivity contribution is 7.00. The first-order valence-corrected chi connectivity index (χ1v) is 27.9. The average molecular weight is 974 g/mol. The Kier molecular flexibility index (Phi) is 10.4. The van der Waals surface area contributed by atoms with Gasteiger partial charge in [0.2, 0.25) is 0 Å². The molecule has 12 rings (SSSR count). The number of hydrogen-bond donors (Lipinski definition) is 0. The molecule has 3 aliphatic carbocycles. The molecular weight excluding hydrogens is 894 g/mol. The number of nitrogens with zero attached hydrogens (tertiary/aromatic N) is 3. The molecule has 5 aliphatic rings. The van der Waals surface area contributed by atoms with Crippen LogP contribution in [0.15, 0.2) is 127 Å². The molecule has 0 radical (unpaired) electrons. The first-order valence-electron chi connectivity index (χ1n) is 27.9. The van der Waals surface area contributed by atoms with E-state index in [1.807, 2.05) is 0 Å². The smallest absolute Gasteiger partial charge is 0.252 e. The second-order valence-electron chi connectivity index (χ2n) is 28.5. The van der Waals surface area contributed by atoms with Crippen LogP contribution >= 0.6 is 0 Å². The van der Waals surface area contributed by atoms with Crippen LogP contribution in [0.5, 0.6) is 0 Å². The maximum absolute atomic E-state index is 2.75. The molecular formula is C70H80BN3. The maximum atomic E-state index is 2.75. The summed E-state index contributed by atoms with van der Waals surface area (Å²) in [5.74, 6) is 0. The van der Waals surface area contributed by atoms with Crippen molar-refractivity contribution in [1.82, 2.24) is 0 Å². The normalized spacial score (nSPS) is 19.5. The van der Waals surface area contributed by atoms with Crippen LogP contribution in [0.3, 0.4) is 0 Å². The van der Waals surface area contributed by atoms with E-state index in [-0.39, 0.29) is 44.6 Å². The summed E-state index contributed by atoms with van der Waals surface area (Å²) < 4.78 is 0. The van der Waals surface area contributed by atoms with Crippen molar-refractivity contribution in [3.05, 3.63) is 177 Å². The largest absolute Gasteiger partial charge is 0.311 e. The highest BCUT2D eigenvalue weighted by Gasteiger charge is 2.50. The fourth-order valence-electron chi connectivity index (χ4n) is 15.8. The molecule has 0 saturated carbocycles. The molecule has 7 aromatic rings. The molecule has 0 N–H and O–H groups in total. The minimum absolute atomic E-state index is 0.00861. The van der Waals surface area contributed by atoms with Gasteiger partial charge in [0, 0.05) is 45.5 Å². The lowest BCUT2D eigenvalue weighted by atomic mass is 9.33. The molecule has 0 amide bonds. The summed E-state index contributed by atoms with van der Waals surface area (Å²) in [6.45, 7) is 41.7. The van der Waals surface area contributed by atoms with Crippen LogP contribution in [0.25, 0.3) is 0 Å². The van der Waals surface area contributed by atoms with Crippen LogP contribution < -0.4 is 31.1 Å². The van der Waals surface area contributed by atoms with Crippen LogP contribution in [-0.4, -0.2) is 6.71 Å². The molecule has 0 fully saturated rings. The molecule has 0 atom stereocenters. The summed E-state index contributed by atoms with van der Waals surface area (Å²) in [5.41, 5.74) is 28.5. The summed E-state index contributed by atoms with van der Waals surface area (Å²) in [4.78, 5) is 7.98. The lowest BCUT2D eigenvalue weighted by Gasteiger charge is -2.47. The SMILES string of the molecule is Cc1cc2c(cc1N1c3cc4c(cc3B3c5ccc(C(C)(C)C)cc5N(c5ccc6c(c5C)C(C)(C)CCC6(C)C)c5cc(N(c6ccccc6)c6ccccc6)cc1c53)C(C)(C)CC4(C)C)C(C)(C)CC2(C)C. The number of benzene rings is 7. The fourth-order valence-corrected chi connectivity index (χ4v) is 15.8. The summed E-state index contributed by atoms with van der Waals surface area (Å²) in [6, 6.07) is 50.4. The first kappa shape index (κ1) is 48.9. The average Bonchev–Trinajstić information content (AvgIpc) is 3.63. The third kappa shape index (κ3) is 7.19. The Morgan fingerprint density at radius 1 is 0.419 bits per heavy atom. The lowest BCUT2D eigenvalue weighted by molar-refractivity contribution is 0.330. The topological polar surface area (TPSA) is 9.72 Å². The third-order valence-electron chi connectivity index (χ3n) is 19.1. The van der Waals surface area contributed by atoms with Crippen molar-refractivity contribution < 1.29 is 0 Å². The molecule has 7 aromatic carbocycles. The molecule has 2 heterocycles. The second kappa shape index (κ2) is 15.8. The highest BCUT2D eigenvalue weighted by Crippen LogP contribution is 2.57. The van der Waals surface area contributed by atoms with E-state index in [0.717, 1.165) is 36.3 Å². The molecule has 0 spiro atoms. The van der Waals surface area contributed by atoms with Gasteiger partial charge in [-0.15, -0.1) is 0 Å². The van der Waals surface area contributed by atoms with Gasteiger partial charge in [0.25, 0.3) is 6.71 Å². The van der Waals surface area contributed by atoms with Crippen molar-refractivity contribution in [3.63, 3.8) is 0 Å². The van der Waals surface area contributed by atoms with Crippen LogP contribution in [0.1, 0.15) is 180 Å². The zero-order valence-corrected chi connectivity index (χ0v) is 47.9. The zero-order valence-electron chi connectivity index (χ0n) is 47.9. The predicted molar refractivity (Wildman–Crippen MR) is 320 cm³/mol. The van der Waals surface area contributed by atoms with E-state index >= 15 is 0 Å². The van der Waals surface area contributed by atoms with Gasteiger partial charge in [-0.25, -0.2) is 0 Å². The van der Waals surface area contributed by atoms with Gasteiger partial charge in [0.05, 0.1) is 5.69 Å². The van der Waals surface area contributed by atoms with Crippen LogP contribution in [0.2, 0.25) is 0 Å². The molecule has 74 heavy (non-hydrogen) atoms. The molecule has 0 saturated heterocycles. The standard InChI is InChI=1S/C70H80BN3/c1-43-34-50-52(69(14,15)41-67(50,10)11)39-57(43)74-59-40-53-51(68(12,13)42-70(53,16)17)38-55(59)71-54-30-28-45(64(3,4)5)35-58(54)73(56-31-29-49-62(44(56)2)66(8,9)33-32-65(49,6)7)60-36-48(37-61(74)63(60)71)72(46-24-20-18-21-25-46)47-26-22-19-23-27-47/h18-31,34-40H,32-33,41-42H2,1-17H3. The van der Waals surface area contributed by atoms with Gasteiger partial charge in [0.1, 0.15) is 0 Å². The summed E-state index contributed by atoms with van der Waals surface area (Å²) >= 11 is 0. The highest BCUT2D eigenvalue weighted by atomic mass is 15.2.